The van der Waals surface area contributed by atoms with Crippen LogP contribution in [0.25, 0.3) is 11.1 Å². The van der Waals surface area contributed by atoms with Crippen molar-refractivity contribution in [3.8, 4) is 16.9 Å². The van der Waals surface area contributed by atoms with E-state index >= 15 is 0 Å². The van der Waals surface area contributed by atoms with E-state index in [1.807, 2.05) is 0 Å². The highest BCUT2D eigenvalue weighted by atomic mass is 35.5. The first kappa shape index (κ1) is 12.2. The Hall–Kier alpha value is -1.25. The fourth-order valence-electron chi connectivity index (χ4n) is 1.60. The summed E-state index contributed by atoms with van der Waals surface area (Å²) in [5, 5.41) is 0.902. The van der Waals surface area contributed by atoms with E-state index in [-0.39, 0.29) is 0 Å². The highest BCUT2D eigenvalue weighted by Gasteiger charge is 2.11. The maximum Gasteiger partial charge on any atom is 0.132 e. The van der Waals surface area contributed by atoms with Gasteiger partial charge in [-0.05, 0) is 36.4 Å². The van der Waals surface area contributed by atoms with Crippen molar-refractivity contribution in [2.75, 3.05) is 7.11 Å². The molecule has 88 valence electrons. The quantitative estimate of drug-likeness (QED) is 0.761. The maximum absolute atomic E-state index is 13.8. The number of benzene rings is 2. The Balaban J connectivity index is 2.60. The van der Waals surface area contributed by atoms with Gasteiger partial charge in [0.05, 0.1) is 7.11 Å². The predicted molar refractivity (Wildman–Crippen MR) is 68.4 cm³/mol. The minimum absolute atomic E-state index is 0.360. The van der Waals surface area contributed by atoms with Crippen LogP contribution in [0.3, 0.4) is 0 Å². The summed E-state index contributed by atoms with van der Waals surface area (Å²) >= 11 is 11.6. The standard InChI is InChI=1S/C13H9Cl2FO/c1-17-13-7-9(15)3-5-11(13)10-4-2-8(14)6-12(10)16/h2-7H,1H3. The summed E-state index contributed by atoms with van der Waals surface area (Å²) in [5.41, 5.74) is 1.08. The lowest BCUT2D eigenvalue weighted by Crippen LogP contribution is -1.90. The van der Waals surface area contributed by atoms with Crippen LogP contribution in [-0.4, -0.2) is 7.11 Å². The second-order valence-electron chi connectivity index (χ2n) is 3.47. The van der Waals surface area contributed by atoms with Gasteiger partial charge >= 0.3 is 0 Å². The topological polar surface area (TPSA) is 9.23 Å². The van der Waals surface area contributed by atoms with Crippen LogP contribution in [0.2, 0.25) is 10.0 Å². The van der Waals surface area contributed by atoms with Crippen LogP contribution in [0, 0.1) is 5.82 Å². The lowest BCUT2D eigenvalue weighted by Gasteiger charge is -2.10. The van der Waals surface area contributed by atoms with Crippen molar-refractivity contribution in [1.82, 2.24) is 0 Å². The van der Waals surface area contributed by atoms with Crippen molar-refractivity contribution in [3.05, 3.63) is 52.3 Å². The van der Waals surface area contributed by atoms with Gasteiger partial charge in [0.15, 0.2) is 0 Å². The van der Waals surface area contributed by atoms with Gasteiger partial charge in [0.1, 0.15) is 11.6 Å². The van der Waals surface area contributed by atoms with E-state index in [0.29, 0.717) is 26.9 Å². The molecule has 0 amide bonds. The van der Waals surface area contributed by atoms with Gasteiger partial charge in [-0.25, -0.2) is 4.39 Å². The Labute approximate surface area is 109 Å². The molecule has 2 aromatic rings. The first-order valence-electron chi connectivity index (χ1n) is 4.91. The van der Waals surface area contributed by atoms with Crippen LogP contribution in [0.5, 0.6) is 5.75 Å². The molecular weight excluding hydrogens is 262 g/mol. The summed E-state index contributed by atoms with van der Waals surface area (Å²) in [6.45, 7) is 0. The molecular formula is C13H9Cl2FO. The fourth-order valence-corrected chi connectivity index (χ4v) is 1.92. The fraction of sp³-hybridized carbons (Fsp3) is 0.0769. The van der Waals surface area contributed by atoms with Gasteiger partial charge in [-0.3, -0.25) is 0 Å². The molecule has 0 aliphatic rings. The third-order valence-corrected chi connectivity index (χ3v) is 2.86. The second kappa shape index (κ2) is 4.94. The van der Waals surface area contributed by atoms with Crippen LogP contribution in [0.4, 0.5) is 4.39 Å². The summed E-state index contributed by atoms with van der Waals surface area (Å²) in [6, 6.07) is 9.56. The van der Waals surface area contributed by atoms with Gasteiger partial charge in [-0.15, -0.1) is 0 Å². The second-order valence-corrected chi connectivity index (χ2v) is 4.34. The zero-order chi connectivity index (χ0) is 12.4. The van der Waals surface area contributed by atoms with Crippen LogP contribution >= 0.6 is 23.2 Å². The van der Waals surface area contributed by atoms with Crippen LogP contribution in [-0.2, 0) is 0 Å². The van der Waals surface area contributed by atoms with Gasteiger partial charge in [0, 0.05) is 21.2 Å². The highest BCUT2D eigenvalue weighted by molar-refractivity contribution is 6.31. The Morgan fingerprint density at radius 3 is 2.12 bits per heavy atom. The van der Waals surface area contributed by atoms with E-state index in [1.165, 1.54) is 13.2 Å². The van der Waals surface area contributed by atoms with Crippen molar-refractivity contribution in [1.29, 1.82) is 0 Å². The van der Waals surface area contributed by atoms with Crippen LogP contribution in [0.15, 0.2) is 36.4 Å². The molecule has 0 aliphatic heterocycles. The smallest absolute Gasteiger partial charge is 0.132 e. The molecule has 0 heterocycles. The summed E-state index contributed by atoms with van der Waals surface area (Å²) < 4.78 is 19.0. The van der Waals surface area contributed by atoms with E-state index in [0.717, 1.165) is 0 Å². The zero-order valence-corrected chi connectivity index (χ0v) is 10.5. The summed E-state index contributed by atoms with van der Waals surface area (Å²) in [5.74, 6) is 0.136. The summed E-state index contributed by atoms with van der Waals surface area (Å²) in [6.07, 6.45) is 0. The number of rotatable bonds is 2. The molecule has 0 saturated heterocycles. The Morgan fingerprint density at radius 1 is 0.941 bits per heavy atom. The average Bonchev–Trinajstić information content (AvgIpc) is 2.30. The van der Waals surface area contributed by atoms with E-state index in [1.54, 1.807) is 30.3 Å². The molecule has 2 aromatic carbocycles. The van der Waals surface area contributed by atoms with Crippen molar-refractivity contribution in [3.63, 3.8) is 0 Å². The van der Waals surface area contributed by atoms with E-state index in [2.05, 4.69) is 0 Å². The first-order valence-corrected chi connectivity index (χ1v) is 5.66. The number of hydrogen-bond donors (Lipinski definition) is 0. The lowest BCUT2D eigenvalue weighted by molar-refractivity contribution is 0.416. The van der Waals surface area contributed by atoms with Gasteiger partial charge in [-0.2, -0.15) is 0 Å². The zero-order valence-electron chi connectivity index (χ0n) is 9.01. The lowest BCUT2D eigenvalue weighted by atomic mass is 10.0. The molecule has 0 N–H and O–H groups in total. The molecule has 0 saturated carbocycles. The maximum atomic E-state index is 13.8. The van der Waals surface area contributed by atoms with Gasteiger partial charge in [0.25, 0.3) is 0 Å². The van der Waals surface area contributed by atoms with E-state index in [4.69, 9.17) is 27.9 Å². The third-order valence-electron chi connectivity index (χ3n) is 2.38. The minimum atomic E-state index is -0.391. The molecule has 0 aliphatic carbocycles. The number of methoxy groups -OCH3 is 1. The number of ether oxygens (including phenoxy) is 1. The summed E-state index contributed by atoms with van der Waals surface area (Å²) in [7, 11) is 1.52. The first-order chi connectivity index (χ1) is 8.11. The largest absolute Gasteiger partial charge is 0.496 e. The molecule has 1 nitrogen and oxygen atoms in total. The average molecular weight is 271 g/mol. The molecule has 2 rings (SSSR count). The number of hydrogen-bond acceptors (Lipinski definition) is 1. The van der Waals surface area contributed by atoms with E-state index < -0.39 is 5.82 Å². The normalized spacial score (nSPS) is 10.4. The van der Waals surface area contributed by atoms with Gasteiger partial charge in [0.2, 0.25) is 0 Å². The van der Waals surface area contributed by atoms with Gasteiger partial charge in [-0.1, -0.05) is 23.2 Å². The van der Waals surface area contributed by atoms with Crippen LogP contribution in [0.1, 0.15) is 0 Å². The Morgan fingerprint density at radius 2 is 1.53 bits per heavy atom. The molecule has 0 atom stereocenters. The molecule has 0 bridgehead atoms. The Kier molecular flexibility index (Phi) is 3.55. The van der Waals surface area contributed by atoms with Crippen molar-refractivity contribution >= 4 is 23.2 Å². The van der Waals surface area contributed by atoms with Crippen molar-refractivity contribution in [2.45, 2.75) is 0 Å². The molecule has 0 aromatic heterocycles. The number of halogens is 3. The molecule has 0 radical (unpaired) electrons. The molecule has 4 heteroatoms. The molecule has 0 fully saturated rings. The molecule has 0 spiro atoms. The van der Waals surface area contributed by atoms with Gasteiger partial charge < -0.3 is 4.74 Å². The monoisotopic (exact) mass is 270 g/mol. The highest BCUT2D eigenvalue weighted by Crippen LogP contribution is 2.34. The van der Waals surface area contributed by atoms with E-state index in [9.17, 15) is 4.39 Å². The SMILES string of the molecule is COc1cc(Cl)ccc1-c1ccc(Cl)cc1F. The molecule has 0 unspecified atom stereocenters. The minimum Gasteiger partial charge on any atom is -0.496 e. The predicted octanol–water partition coefficient (Wildman–Crippen LogP) is 4.81. The van der Waals surface area contributed by atoms with Crippen LogP contribution < -0.4 is 4.74 Å². The third kappa shape index (κ3) is 2.54. The van der Waals surface area contributed by atoms with Crippen molar-refractivity contribution in [2.24, 2.45) is 0 Å². The summed E-state index contributed by atoms with van der Waals surface area (Å²) in [4.78, 5) is 0. The molecule has 17 heavy (non-hydrogen) atoms. The Bertz CT molecular complexity index is 555. The van der Waals surface area contributed by atoms with Crippen molar-refractivity contribution < 1.29 is 9.13 Å².